The summed E-state index contributed by atoms with van der Waals surface area (Å²) in [5, 5.41) is 22.6. The van der Waals surface area contributed by atoms with Gasteiger partial charge in [0.05, 0.1) is 18.6 Å². The molecule has 1 aromatic heterocycles. The number of methoxy groups -OCH3 is 1. The number of alkyl halides is 1. The third kappa shape index (κ3) is 5.28. The van der Waals surface area contributed by atoms with Gasteiger partial charge < -0.3 is 10.1 Å². The molecule has 0 aliphatic heterocycles. The second-order valence-electron chi connectivity index (χ2n) is 6.06. The second kappa shape index (κ2) is 10.1. The van der Waals surface area contributed by atoms with E-state index in [1.165, 1.54) is 23.9 Å². The normalized spacial score (nSPS) is 10.6. The Labute approximate surface area is 181 Å². The average Bonchev–Trinajstić information content (AvgIpc) is 3.18. The first kappa shape index (κ1) is 21.6. The Morgan fingerprint density at radius 3 is 2.70 bits per heavy atom. The lowest BCUT2D eigenvalue weighted by molar-refractivity contribution is -0.384. The summed E-state index contributed by atoms with van der Waals surface area (Å²) in [4.78, 5) is 22.0. The number of nitrogens with one attached hydrogen (secondary N) is 1. The zero-order valence-corrected chi connectivity index (χ0v) is 17.5. The molecule has 0 fully saturated rings. The quantitative estimate of drug-likeness (QED) is 0.231. The number of benzene rings is 2. The number of halogens is 1. The highest BCUT2D eigenvalue weighted by Gasteiger charge is 2.16. The molecule has 1 N–H and O–H groups in total. The van der Waals surface area contributed by atoms with E-state index in [0.717, 1.165) is 11.3 Å². The van der Waals surface area contributed by atoms with Crippen molar-refractivity contribution >= 4 is 35.0 Å². The van der Waals surface area contributed by atoms with Crippen LogP contribution in [0.3, 0.4) is 0 Å². The van der Waals surface area contributed by atoms with Gasteiger partial charge in [-0.05, 0) is 29.8 Å². The van der Waals surface area contributed by atoms with Crippen molar-refractivity contribution in [2.24, 2.45) is 0 Å². The molecule has 0 saturated carbocycles. The number of thioether (sulfide) groups is 1. The molecular formula is C19H18ClN5O4S. The van der Waals surface area contributed by atoms with E-state index in [1.54, 1.807) is 23.8 Å². The highest BCUT2D eigenvalue weighted by Crippen LogP contribution is 2.27. The van der Waals surface area contributed by atoms with Gasteiger partial charge in [0.2, 0.25) is 5.91 Å². The van der Waals surface area contributed by atoms with Crippen molar-refractivity contribution in [3.05, 3.63) is 70.0 Å². The van der Waals surface area contributed by atoms with Gasteiger partial charge in [0, 0.05) is 23.6 Å². The fourth-order valence-corrected chi connectivity index (χ4v) is 3.63. The molecule has 1 heterocycles. The number of rotatable bonds is 9. The Morgan fingerprint density at radius 1 is 1.27 bits per heavy atom. The summed E-state index contributed by atoms with van der Waals surface area (Å²) >= 11 is 6.98. The van der Waals surface area contributed by atoms with E-state index >= 15 is 0 Å². The molecule has 0 radical (unpaired) electrons. The number of carbonyl (C=O) groups excluding carboxylic acids is 1. The molecular weight excluding hydrogens is 430 g/mol. The molecule has 1 amide bonds. The molecule has 0 spiro atoms. The van der Waals surface area contributed by atoms with Gasteiger partial charge in [-0.25, -0.2) is 0 Å². The van der Waals surface area contributed by atoms with Gasteiger partial charge in [0.15, 0.2) is 11.0 Å². The van der Waals surface area contributed by atoms with Crippen LogP contribution in [0.25, 0.3) is 5.69 Å². The fourth-order valence-electron chi connectivity index (χ4n) is 2.63. The van der Waals surface area contributed by atoms with E-state index in [9.17, 15) is 14.9 Å². The zero-order valence-electron chi connectivity index (χ0n) is 15.9. The summed E-state index contributed by atoms with van der Waals surface area (Å²) < 4.78 is 7.00. The van der Waals surface area contributed by atoms with Crippen LogP contribution in [0.2, 0.25) is 0 Å². The summed E-state index contributed by atoms with van der Waals surface area (Å²) in [6.07, 6.45) is 0. The number of amides is 1. The van der Waals surface area contributed by atoms with Crippen molar-refractivity contribution in [3.63, 3.8) is 0 Å². The van der Waals surface area contributed by atoms with Crippen LogP contribution in [-0.4, -0.2) is 38.6 Å². The molecule has 30 heavy (non-hydrogen) atoms. The lowest BCUT2D eigenvalue weighted by atomic mass is 10.2. The molecule has 11 heteroatoms. The maximum atomic E-state index is 11.5. The van der Waals surface area contributed by atoms with Gasteiger partial charge in [-0.2, -0.15) is 0 Å². The number of nitrogens with zero attached hydrogens (tertiary/aromatic N) is 4. The Bertz CT molecular complexity index is 1040. The van der Waals surface area contributed by atoms with Crippen molar-refractivity contribution in [3.8, 4) is 11.4 Å². The van der Waals surface area contributed by atoms with Crippen LogP contribution in [0.15, 0.2) is 53.7 Å². The smallest absolute Gasteiger partial charge is 0.269 e. The molecule has 2 aromatic carbocycles. The predicted molar refractivity (Wildman–Crippen MR) is 113 cm³/mol. The summed E-state index contributed by atoms with van der Waals surface area (Å²) in [6, 6.07) is 13.7. The van der Waals surface area contributed by atoms with Crippen LogP contribution in [0.4, 0.5) is 5.69 Å². The highest BCUT2D eigenvalue weighted by atomic mass is 35.5. The van der Waals surface area contributed by atoms with Crippen molar-refractivity contribution in [2.45, 2.75) is 17.5 Å². The van der Waals surface area contributed by atoms with Gasteiger partial charge in [0.1, 0.15) is 11.6 Å². The number of carbonyl (C=O) groups is 1. The molecule has 156 valence electrons. The van der Waals surface area contributed by atoms with Crippen LogP contribution >= 0.6 is 23.4 Å². The Balaban J connectivity index is 1.88. The Morgan fingerprint density at radius 2 is 2.03 bits per heavy atom. The summed E-state index contributed by atoms with van der Waals surface area (Å²) in [5.41, 5.74) is 1.66. The van der Waals surface area contributed by atoms with Crippen LogP contribution in [-0.2, 0) is 17.1 Å². The maximum absolute atomic E-state index is 11.5. The van der Waals surface area contributed by atoms with Crippen LogP contribution in [0.1, 0.15) is 11.4 Å². The lowest BCUT2D eigenvalue weighted by Crippen LogP contribution is -2.25. The Kier molecular flexibility index (Phi) is 7.26. The molecule has 3 rings (SSSR count). The zero-order chi connectivity index (χ0) is 21.5. The maximum Gasteiger partial charge on any atom is 0.269 e. The van der Waals surface area contributed by atoms with Gasteiger partial charge >= 0.3 is 0 Å². The summed E-state index contributed by atoms with van der Waals surface area (Å²) in [5.74, 6) is 1.35. The van der Waals surface area contributed by atoms with Crippen molar-refractivity contribution in [2.75, 3.05) is 13.0 Å². The first-order valence-electron chi connectivity index (χ1n) is 8.79. The SMILES string of the molecule is COc1cccc(CSc2nnc(CNC(=O)CCl)n2-c2ccc([N+](=O)[O-])cc2)c1. The van der Waals surface area contributed by atoms with Gasteiger partial charge in [-0.15, -0.1) is 21.8 Å². The molecule has 0 bridgehead atoms. The molecule has 0 unspecified atom stereocenters. The first-order valence-corrected chi connectivity index (χ1v) is 10.3. The minimum absolute atomic E-state index is 0.0191. The first-order chi connectivity index (χ1) is 14.5. The van der Waals surface area contributed by atoms with Crippen molar-refractivity contribution < 1.29 is 14.5 Å². The van der Waals surface area contributed by atoms with E-state index in [1.807, 2.05) is 24.3 Å². The second-order valence-corrected chi connectivity index (χ2v) is 7.27. The molecule has 0 aliphatic rings. The number of ether oxygens (including phenoxy) is 1. The van der Waals surface area contributed by atoms with E-state index in [2.05, 4.69) is 15.5 Å². The lowest BCUT2D eigenvalue weighted by Gasteiger charge is -2.11. The fraction of sp³-hybridized carbons (Fsp3) is 0.211. The largest absolute Gasteiger partial charge is 0.497 e. The topological polar surface area (TPSA) is 112 Å². The van der Waals surface area contributed by atoms with Crippen molar-refractivity contribution in [1.29, 1.82) is 0 Å². The monoisotopic (exact) mass is 447 g/mol. The number of aromatic nitrogens is 3. The van der Waals surface area contributed by atoms with E-state index in [0.29, 0.717) is 22.4 Å². The summed E-state index contributed by atoms with van der Waals surface area (Å²) in [7, 11) is 1.61. The standard InChI is InChI=1S/C19H18ClN5O4S/c1-29-16-4-2-3-13(9-16)12-30-19-23-22-17(11-21-18(26)10-20)24(19)14-5-7-15(8-6-14)25(27)28/h2-9H,10-12H2,1H3,(H,21,26). The number of nitro groups is 1. The average molecular weight is 448 g/mol. The molecule has 0 aliphatic carbocycles. The third-order valence-corrected chi connectivity index (χ3v) is 5.33. The number of nitro benzene ring substituents is 1. The van der Waals surface area contributed by atoms with Crippen LogP contribution in [0.5, 0.6) is 5.75 Å². The summed E-state index contributed by atoms with van der Waals surface area (Å²) in [6.45, 7) is 0.120. The van der Waals surface area contributed by atoms with Crippen LogP contribution < -0.4 is 10.1 Å². The molecule has 0 atom stereocenters. The number of non-ortho nitro benzene ring substituents is 1. The van der Waals surface area contributed by atoms with E-state index in [-0.39, 0.29) is 24.0 Å². The van der Waals surface area contributed by atoms with Crippen molar-refractivity contribution in [1.82, 2.24) is 20.1 Å². The number of hydrogen-bond acceptors (Lipinski definition) is 7. The molecule has 3 aromatic rings. The minimum Gasteiger partial charge on any atom is -0.497 e. The Hall–Kier alpha value is -3.11. The van der Waals surface area contributed by atoms with Gasteiger partial charge in [-0.1, -0.05) is 23.9 Å². The predicted octanol–water partition coefficient (Wildman–Crippen LogP) is 3.33. The number of hydrogen-bond donors (Lipinski definition) is 1. The van der Waals surface area contributed by atoms with Crippen LogP contribution in [0, 0.1) is 10.1 Å². The van der Waals surface area contributed by atoms with E-state index in [4.69, 9.17) is 16.3 Å². The van der Waals surface area contributed by atoms with Gasteiger partial charge in [0.25, 0.3) is 5.69 Å². The third-order valence-electron chi connectivity index (χ3n) is 4.09. The van der Waals surface area contributed by atoms with Gasteiger partial charge in [-0.3, -0.25) is 19.5 Å². The molecule has 9 nitrogen and oxygen atoms in total. The highest BCUT2D eigenvalue weighted by molar-refractivity contribution is 7.98. The minimum atomic E-state index is -0.462. The van der Waals surface area contributed by atoms with E-state index < -0.39 is 4.92 Å². The molecule has 0 saturated heterocycles.